The van der Waals surface area contributed by atoms with Crippen molar-refractivity contribution < 1.29 is 4.74 Å². The standard InChI is InChI=1S/C12H17ClN2O/c1-14-12(9-6-15-7-9)8-3-4-11(16-2)10(13)5-8/h3-5,9,12,14-15H,6-7H2,1-2H3. The van der Waals surface area contributed by atoms with Crippen LogP contribution in [0.2, 0.25) is 5.02 Å². The van der Waals surface area contributed by atoms with Gasteiger partial charge in [-0.3, -0.25) is 0 Å². The molecule has 1 aliphatic rings. The quantitative estimate of drug-likeness (QED) is 0.843. The molecule has 0 aliphatic carbocycles. The maximum atomic E-state index is 6.13. The normalized spacial score (nSPS) is 17.9. The molecule has 1 fully saturated rings. The van der Waals surface area contributed by atoms with Gasteiger partial charge in [-0.15, -0.1) is 0 Å². The third-order valence-corrected chi connectivity index (χ3v) is 3.43. The lowest BCUT2D eigenvalue weighted by atomic mass is 9.88. The molecule has 4 heteroatoms. The summed E-state index contributed by atoms with van der Waals surface area (Å²) in [5.74, 6) is 1.38. The molecule has 0 saturated carbocycles. The van der Waals surface area contributed by atoms with E-state index in [1.807, 2.05) is 19.2 Å². The van der Waals surface area contributed by atoms with E-state index < -0.39 is 0 Å². The molecule has 0 amide bonds. The topological polar surface area (TPSA) is 33.3 Å². The number of hydrogen-bond acceptors (Lipinski definition) is 3. The fourth-order valence-corrected chi connectivity index (χ4v) is 2.36. The molecule has 16 heavy (non-hydrogen) atoms. The Hall–Kier alpha value is -0.770. The SMILES string of the molecule is CNC(c1ccc(OC)c(Cl)c1)C1CNC1. The van der Waals surface area contributed by atoms with Crippen LogP contribution in [-0.2, 0) is 0 Å². The minimum Gasteiger partial charge on any atom is -0.495 e. The first-order valence-corrected chi connectivity index (χ1v) is 5.85. The summed E-state index contributed by atoms with van der Waals surface area (Å²) in [6.07, 6.45) is 0. The molecule has 1 atom stereocenters. The van der Waals surface area contributed by atoms with Crippen molar-refractivity contribution in [2.75, 3.05) is 27.2 Å². The van der Waals surface area contributed by atoms with Gasteiger partial charge >= 0.3 is 0 Å². The maximum Gasteiger partial charge on any atom is 0.137 e. The molecule has 1 heterocycles. The van der Waals surface area contributed by atoms with Gasteiger partial charge in [0.05, 0.1) is 12.1 Å². The molecule has 1 aliphatic heterocycles. The molecule has 88 valence electrons. The van der Waals surface area contributed by atoms with Gasteiger partial charge in [0.25, 0.3) is 0 Å². The minimum absolute atomic E-state index is 0.365. The smallest absolute Gasteiger partial charge is 0.137 e. The van der Waals surface area contributed by atoms with Gasteiger partial charge in [-0.05, 0) is 24.7 Å². The van der Waals surface area contributed by atoms with Crippen molar-refractivity contribution in [1.29, 1.82) is 0 Å². The highest BCUT2D eigenvalue weighted by atomic mass is 35.5. The van der Waals surface area contributed by atoms with Crippen LogP contribution in [0, 0.1) is 5.92 Å². The first-order chi connectivity index (χ1) is 7.76. The molecule has 2 N–H and O–H groups in total. The Balaban J connectivity index is 2.21. The van der Waals surface area contributed by atoms with Gasteiger partial charge in [0.1, 0.15) is 5.75 Å². The zero-order chi connectivity index (χ0) is 11.5. The Labute approximate surface area is 101 Å². The Kier molecular flexibility index (Phi) is 3.69. The van der Waals surface area contributed by atoms with Crippen LogP contribution < -0.4 is 15.4 Å². The van der Waals surface area contributed by atoms with E-state index in [4.69, 9.17) is 16.3 Å². The maximum absolute atomic E-state index is 6.13. The van der Waals surface area contributed by atoms with Gasteiger partial charge < -0.3 is 15.4 Å². The Morgan fingerprint density at radius 3 is 2.69 bits per heavy atom. The second kappa shape index (κ2) is 5.04. The monoisotopic (exact) mass is 240 g/mol. The number of halogens is 1. The summed E-state index contributed by atoms with van der Waals surface area (Å²) >= 11 is 6.13. The lowest BCUT2D eigenvalue weighted by Crippen LogP contribution is -2.48. The van der Waals surface area contributed by atoms with Crippen LogP contribution in [0.15, 0.2) is 18.2 Å². The fourth-order valence-electron chi connectivity index (χ4n) is 2.10. The van der Waals surface area contributed by atoms with Crippen molar-refractivity contribution in [3.63, 3.8) is 0 Å². The number of rotatable bonds is 4. The third kappa shape index (κ3) is 2.17. The summed E-state index contributed by atoms with van der Waals surface area (Å²) in [5.41, 5.74) is 1.22. The van der Waals surface area contributed by atoms with Gasteiger partial charge in [-0.2, -0.15) is 0 Å². The first-order valence-electron chi connectivity index (χ1n) is 5.47. The summed E-state index contributed by atoms with van der Waals surface area (Å²) in [7, 11) is 3.62. The van der Waals surface area contributed by atoms with E-state index in [9.17, 15) is 0 Å². The predicted molar refractivity (Wildman–Crippen MR) is 66.2 cm³/mol. The molecule has 0 bridgehead atoms. The Bertz CT molecular complexity index is 366. The van der Waals surface area contributed by atoms with Gasteiger partial charge in [0.2, 0.25) is 0 Å². The van der Waals surface area contributed by atoms with Gasteiger partial charge in [0, 0.05) is 25.0 Å². The molecule has 0 aromatic heterocycles. The molecule has 1 unspecified atom stereocenters. The molecular formula is C12H17ClN2O. The van der Waals surface area contributed by atoms with Crippen LogP contribution in [-0.4, -0.2) is 27.2 Å². The van der Waals surface area contributed by atoms with Crippen molar-refractivity contribution in [2.45, 2.75) is 6.04 Å². The fraction of sp³-hybridized carbons (Fsp3) is 0.500. The summed E-state index contributed by atoms with van der Waals surface area (Å²) < 4.78 is 5.15. The highest BCUT2D eigenvalue weighted by Gasteiger charge is 2.27. The van der Waals surface area contributed by atoms with Crippen LogP contribution in [0.3, 0.4) is 0 Å². The number of benzene rings is 1. The predicted octanol–water partition coefficient (Wildman–Crippen LogP) is 1.83. The first kappa shape index (κ1) is 11.7. The molecule has 1 aromatic carbocycles. The van der Waals surface area contributed by atoms with Crippen LogP contribution in [0.4, 0.5) is 0 Å². The van der Waals surface area contributed by atoms with E-state index in [0.29, 0.717) is 17.0 Å². The molecule has 1 aromatic rings. The van der Waals surface area contributed by atoms with E-state index in [0.717, 1.165) is 18.8 Å². The summed E-state index contributed by atoms with van der Waals surface area (Å²) in [4.78, 5) is 0. The van der Waals surface area contributed by atoms with E-state index in [1.54, 1.807) is 7.11 Å². The van der Waals surface area contributed by atoms with E-state index in [-0.39, 0.29) is 0 Å². The second-order valence-corrected chi connectivity index (χ2v) is 4.49. The average molecular weight is 241 g/mol. The van der Waals surface area contributed by atoms with E-state index in [1.165, 1.54) is 5.56 Å². The van der Waals surface area contributed by atoms with Gasteiger partial charge in [-0.1, -0.05) is 17.7 Å². The lowest BCUT2D eigenvalue weighted by Gasteiger charge is -2.35. The molecule has 0 spiro atoms. The largest absolute Gasteiger partial charge is 0.495 e. The molecule has 0 radical (unpaired) electrons. The highest BCUT2D eigenvalue weighted by molar-refractivity contribution is 6.32. The number of hydrogen-bond donors (Lipinski definition) is 2. The third-order valence-electron chi connectivity index (χ3n) is 3.13. The average Bonchev–Trinajstić information content (AvgIpc) is 2.23. The lowest BCUT2D eigenvalue weighted by molar-refractivity contribution is 0.268. The number of nitrogens with one attached hydrogen (secondary N) is 2. The number of methoxy groups -OCH3 is 1. The van der Waals surface area contributed by atoms with Crippen molar-refractivity contribution in [3.8, 4) is 5.75 Å². The van der Waals surface area contributed by atoms with Gasteiger partial charge in [-0.25, -0.2) is 0 Å². The van der Waals surface area contributed by atoms with Crippen molar-refractivity contribution in [1.82, 2.24) is 10.6 Å². The van der Waals surface area contributed by atoms with Crippen LogP contribution in [0.5, 0.6) is 5.75 Å². The zero-order valence-electron chi connectivity index (χ0n) is 9.59. The Morgan fingerprint density at radius 2 is 2.25 bits per heavy atom. The zero-order valence-corrected chi connectivity index (χ0v) is 10.3. The molecule has 1 saturated heterocycles. The summed E-state index contributed by atoms with van der Waals surface area (Å²) in [6.45, 7) is 2.13. The summed E-state index contributed by atoms with van der Waals surface area (Å²) in [6, 6.07) is 6.35. The second-order valence-electron chi connectivity index (χ2n) is 4.08. The van der Waals surface area contributed by atoms with Crippen molar-refractivity contribution in [2.24, 2.45) is 5.92 Å². The van der Waals surface area contributed by atoms with Crippen LogP contribution in [0.1, 0.15) is 11.6 Å². The van der Waals surface area contributed by atoms with E-state index >= 15 is 0 Å². The number of ether oxygens (including phenoxy) is 1. The molecule has 3 nitrogen and oxygen atoms in total. The van der Waals surface area contributed by atoms with Gasteiger partial charge in [0.15, 0.2) is 0 Å². The van der Waals surface area contributed by atoms with E-state index in [2.05, 4.69) is 16.7 Å². The summed E-state index contributed by atoms with van der Waals surface area (Å²) in [5, 5.41) is 7.30. The van der Waals surface area contributed by atoms with Crippen molar-refractivity contribution >= 4 is 11.6 Å². The highest BCUT2D eigenvalue weighted by Crippen LogP contribution is 2.31. The van der Waals surface area contributed by atoms with Crippen LogP contribution >= 0.6 is 11.6 Å². The van der Waals surface area contributed by atoms with Crippen LogP contribution in [0.25, 0.3) is 0 Å². The molecule has 2 rings (SSSR count). The molecular weight excluding hydrogens is 224 g/mol. The minimum atomic E-state index is 0.365. The van der Waals surface area contributed by atoms with Crippen molar-refractivity contribution in [3.05, 3.63) is 28.8 Å². The Morgan fingerprint density at radius 1 is 1.50 bits per heavy atom.